The zero-order chi connectivity index (χ0) is 13.4. The second kappa shape index (κ2) is 7.30. The first-order chi connectivity index (χ1) is 8.65. The molecule has 0 bridgehead atoms. The van der Waals surface area contributed by atoms with Crippen LogP contribution in [0.15, 0.2) is 24.3 Å². The van der Waals surface area contributed by atoms with Crippen LogP contribution in [-0.4, -0.2) is 26.2 Å². The molecule has 0 heterocycles. The quantitative estimate of drug-likeness (QED) is 0.737. The lowest BCUT2D eigenvalue weighted by Gasteiger charge is -2.12. The second-order valence-corrected chi connectivity index (χ2v) is 4.19. The molecule has 5 nitrogen and oxygen atoms in total. The normalized spacial score (nSPS) is 11.4. The van der Waals surface area contributed by atoms with Gasteiger partial charge < -0.3 is 16.0 Å². The van der Waals surface area contributed by atoms with Crippen molar-refractivity contribution in [3.05, 3.63) is 29.8 Å². The third-order valence-electron chi connectivity index (χ3n) is 2.44. The van der Waals surface area contributed by atoms with E-state index in [0.29, 0.717) is 23.7 Å². The molecule has 1 aromatic rings. The van der Waals surface area contributed by atoms with Gasteiger partial charge in [-0.25, -0.2) is 4.79 Å². The smallest absolute Gasteiger partial charge is 0.319 e. The molecular weight excluding hydrogens is 228 g/mol. The second-order valence-electron chi connectivity index (χ2n) is 4.19. The van der Waals surface area contributed by atoms with Crippen LogP contribution in [0.4, 0.5) is 10.5 Å². The number of nitriles is 1. The number of rotatable bonds is 5. The van der Waals surface area contributed by atoms with Crippen molar-refractivity contribution in [1.29, 1.82) is 5.26 Å². The molecule has 0 saturated carbocycles. The number of nitrogens with one attached hydrogen (secondary N) is 3. The summed E-state index contributed by atoms with van der Waals surface area (Å²) >= 11 is 0. The predicted octanol–water partition coefficient (Wildman–Crippen LogP) is 1.54. The van der Waals surface area contributed by atoms with Gasteiger partial charge in [0.15, 0.2) is 0 Å². The first kappa shape index (κ1) is 14.0. The van der Waals surface area contributed by atoms with Crippen LogP contribution in [-0.2, 0) is 0 Å². The van der Waals surface area contributed by atoms with Crippen molar-refractivity contribution in [1.82, 2.24) is 10.6 Å². The van der Waals surface area contributed by atoms with Crippen molar-refractivity contribution in [3.8, 4) is 6.07 Å². The molecule has 1 aromatic carbocycles. The summed E-state index contributed by atoms with van der Waals surface area (Å²) in [6.07, 6.45) is 0. The summed E-state index contributed by atoms with van der Waals surface area (Å²) in [6.45, 7) is 3.53. The summed E-state index contributed by atoms with van der Waals surface area (Å²) in [5, 5.41) is 17.2. The van der Waals surface area contributed by atoms with Gasteiger partial charge in [-0.15, -0.1) is 0 Å². The molecule has 0 fully saturated rings. The Labute approximate surface area is 107 Å². The van der Waals surface area contributed by atoms with E-state index in [2.05, 4.69) is 22.9 Å². The maximum Gasteiger partial charge on any atom is 0.319 e. The fourth-order valence-electron chi connectivity index (χ4n) is 1.49. The minimum absolute atomic E-state index is 0.234. The van der Waals surface area contributed by atoms with Gasteiger partial charge in [0, 0.05) is 12.2 Å². The van der Waals surface area contributed by atoms with Crippen molar-refractivity contribution in [3.63, 3.8) is 0 Å². The van der Waals surface area contributed by atoms with E-state index < -0.39 is 0 Å². The van der Waals surface area contributed by atoms with Crippen molar-refractivity contribution in [2.24, 2.45) is 5.92 Å². The predicted molar refractivity (Wildman–Crippen MR) is 71.3 cm³/mol. The highest BCUT2D eigenvalue weighted by atomic mass is 16.2. The van der Waals surface area contributed by atoms with Crippen LogP contribution in [0.2, 0.25) is 0 Å². The minimum Gasteiger partial charge on any atom is -0.338 e. The molecule has 0 saturated heterocycles. The number of carbonyl (C=O) groups excluding carboxylic acids is 1. The van der Waals surface area contributed by atoms with Gasteiger partial charge in [-0.3, -0.25) is 0 Å². The van der Waals surface area contributed by atoms with E-state index in [0.717, 1.165) is 6.54 Å². The number of nitrogens with zero attached hydrogens (tertiary/aromatic N) is 1. The van der Waals surface area contributed by atoms with Gasteiger partial charge in [-0.2, -0.15) is 5.26 Å². The van der Waals surface area contributed by atoms with Crippen LogP contribution in [0, 0.1) is 17.2 Å². The molecule has 96 valence electrons. The Kier molecular flexibility index (Phi) is 5.68. The Bertz CT molecular complexity index is 422. The van der Waals surface area contributed by atoms with Gasteiger partial charge in [0.1, 0.15) is 0 Å². The lowest BCUT2D eigenvalue weighted by molar-refractivity contribution is 0.250. The van der Waals surface area contributed by atoms with Crippen LogP contribution in [0.5, 0.6) is 0 Å². The standard InChI is InChI=1S/C13H18N4O/c1-10(8-15-2)9-16-13(18)17-12-5-3-11(7-14)4-6-12/h3-6,10,15H,8-9H2,1-2H3,(H2,16,17,18). The van der Waals surface area contributed by atoms with Crippen molar-refractivity contribution in [2.45, 2.75) is 6.92 Å². The van der Waals surface area contributed by atoms with E-state index in [1.54, 1.807) is 24.3 Å². The Hall–Kier alpha value is -2.06. The highest BCUT2D eigenvalue weighted by Crippen LogP contribution is 2.08. The van der Waals surface area contributed by atoms with Crippen molar-refractivity contribution in [2.75, 3.05) is 25.5 Å². The molecule has 2 amide bonds. The van der Waals surface area contributed by atoms with Gasteiger partial charge in [0.25, 0.3) is 0 Å². The Balaban J connectivity index is 2.37. The first-order valence-corrected chi connectivity index (χ1v) is 5.85. The number of hydrogen-bond donors (Lipinski definition) is 3. The molecule has 18 heavy (non-hydrogen) atoms. The number of anilines is 1. The fourth-order valence-corrected chi connectivity index (χ4v) is 1.49. The fraction of sp³-hybridized carbons (Fsp3) is 0.385. The number of hydrogen-bond acceptors (Lipinski definition) is 3. The minimum atomic E-state index is -0.234. The summed E-state index contributed by atoms with van der Waals surface area (Å²) in [4.78, 5) is 11.6. The van der Waals surface area contributed by atoms with Crippen LogP contribution in [0.25, 0.3) is 0 Å². The average molecular weight is 246 g/mol. The van der Waals surface area contributed by atoms with Gasteiger partial charge in [-0.05, 0) is 43.8 Å². The van der Waals surface area contributed by atoms with E-state index in [1.165, 1.54) is 0 Å². The van der Waals surface area contributed by atoms with Crippen LogP contribution in [0.1, 0.15) is 12.5 Å². The van der Waals surface area contributed by atoms with Gasteiger partial charge in [-0.1, -0.05) is 6.92 Å². The maximum absolute atomic E-state index is 11.6. The molecule has 0 aromatic heterocycles. The monoisotopic (exact) mass is 246 g/mol. The Morgan fingerprint density at radius 1 is 1.33 bits per heavy atom. The molecule has 0 aliphatic rings. The average Bonchev–Trinajstić information content (AvgIpc) is 2.38. The lowest BCUT2D eigenvalue weighted by Crippen LogP contribution is -2.35. The van der Waals surface area contributed by atoms with Gasteiger partial charge in [0.2, 0.25) is 0 Å². The zero-order valence-corrected chi connectivity index (χ0v) is 10.7. The number of benzene rings is 1. The summed E-state index contributed by atoms with van der Waals surface area (Å²) in [5.41, 5.74) is 1.25. The van der Waals surface area contributed by atoms with E-state index in [4.69, 9.17) is 5.26 Å². The van der Waals surface area contributed by atoms with Crippen molar-refractivity contribution < 1.29 is 4.79 Å². The Morgan fingerprint density at radius 2 is 2.00 bits per heavy atom. The molecule has 3 N–H and O–H groups in total. The molecular formula is C13H18N4O. The number of carbonyl (C=O) groups is 1. The molecule has 1 rings (SSSR count). The molecule has 5 heteroatoms. The van der Waals surface area contributed by atoms with Crippen molar-refractivity contribution >= 4 is 11.7 Å². The SMILES string of the molecule is CNCC(C)CNC(=O)Nc1ccc(C#N)cc1. The van der Waals surface area contributed by atoms with Gasteiger partial charge >= 0.3 is 6.03 Å². The summed E-state index contributed by atoms with van der Waals surface area (Å²) < 4.78 is 0. The molecule has 0 aliphatic heterocycles. The molecule has 1 atom stereocenters. The van der Waals surface area contributed by atoms with Gasteiger partial charge in [0.05, 0.1) is 11.6 Å². The molecule has 0 spiro atoms. The summed E-state index contributed by atoms with van der Waals surface area (Å²) in [5.74, 6) is 0.377. The summed E-state index contributed by atoms with van der Waals surface area (Å²) in [7, 11) is 1.88. The van der Waals surface area contributed by atoms with E-state index in [9.17, 15) is 4.79 Å². The largest absolute Gasteiger partial charge is 0.338 e. The maximum atomic E-state index is 11.6. The van der Waals surface area contributed by atoms with Crippen LogP contribution < -0.4 is 16.0 Å². The van der Waals surface area contributed by atoms with Crippen LogP contribution in [0.3, 0.4) is 0 Å². The Morgan fingerprint density at radius 3 is 2.56 bits per heavy atom. The highest BCUT2D eigenvalue weighted by molar-refractivity contribution is 5.89. The van der Waals surface area contributed by atoms with Crippen LogP contribution >= 0.6 is 0 Å². The highest BCUT2D eigenvalue weighted by Gasteiger charge is 2.04. The number of amides is 2. The summed E-state index contributed by atoms with van der Waals surface area (Å²) in [6, 6.07) is 8.53. The lowest BCUT2D eigenvalue weighted by atomic mass is 10.2. The zero-order valence-electron chi connectivity index (χ0n) is 10.7. The molecule has 1 unspecified atom stereocenters. The first-order valence-electron chi connectivity index (χ1n) is 5.85. The molecule has 0 radical (unpaired) electrons. The topological polar surface area (TPSA) is 76.9 Å². The van der Waals surface area contributed by atoms with E-state index >= 15 is 0 Å². The third-order valence-corrected chi connectivity index (χ3v) is 2.44. The number of urea groups is 1. The molecule has 0 aliphatic carbocycles. The van der Waals surface area contributed by atoms with E-state index in [-0.39, 0.29) is 6.03 Å². The van der Waals surface area contributed by atoms with E-state index in [1.807, 2.05) is 13.1 Å². The third kappa shape index (κ3) is 4.85.